The van der Waals surface area contributed by atoms with Crippen LogP contribution in [0.1, 0.15) is 0 Å². The second-order valence-corrected chi connectivity index (χ2v) is 0. The predicted octanol–water partition coefficient (Wildman–Crippen LogP) is -0.238. The van der Waals surface area contributed by atoms with Gasteiger partial charge in [-0.2, -0.15) is 0 Å². The van der Waals surface area contributed by atoms with Crippen LogP contribution >= 0.6 is 0 Å². The molecule has 0 amide bonds. The van der Waals surface area contributed by atoms with Gasteiger partial charge in [-0.3, -0.25) is 0 Å². The maximum Gasteiger partial charge on any atom is 6.00 e. The molecule has 14 valence electrons. The summed E-state index contributed by atoms with van der Waals surface area (Å²) < 4.78 is 0. The van der Waals surface area contributed by atoms with E-state index in [1.165, 1.54) is 0 Å². The summed E-state index contributed by atoms with van der Waals surface area (Å²) in [5.41, 5.74) is 0. The zero-order chi connectivity index (χ0) is 0. The first-order chi connectivity index (χ1) is 0. The van der Waals surface area contributed by atoms with Gasteiger partial charge in [-0.05, 0) is 0 Å². The van der Waals surface area contributed by atoms with Crippen LogP contribution in [0, 0.1) is 71.1 Å². The van der Waals surface area contributed by atoms with Gasteiger partial charge in [0.05, 0.1) is 0 Å². The van der Waals surface area contributed by atoms with Crippen molar-refractivity contribution in [3.05, 3.63) is 0 Å². The Morgan fingerprint density at radius 1 is 0.750 bits per heavy atom. The zero-order valence-electron chi connectivity index (χ0n) is 1.82. The van der Waals surface area contributed by atoms with Crippen LogP contribution < -0.4 is 0 Å². The smallest absolute Gasteiger partial charge is 2.00 e. The summed E-state index contributed by atoms with van der Waals surface area (Å²) in [6.07, 6.45) is 0. The Hall–Kier alpha value is 2.30. The molecule has 0 radical (unpaired) electrons. The number of hydrogen-bond acceptors (Lipinski definition) is 0. The van der Waals surface area contributed by atoms with Crippen LogP contribution in [0.15, 0.2) is 0 Å². The fourth-order valence-corrected chi connectivity index (χ4v) is 0. The van der Waals surface area contributed by atoms with E-state index in [0.717, 1.165) is 0 Å². The molecule has 0 bridgehead atoms. The number of hydrogen-bond donors (Lipinski definition) is 0. The quantitative estimate of drug-likeness (QED) is 0.440. The van der Waals surface area contributed by atoms with Crippen molar-refractivity contribution in [1.29, 1.82) is 0 Å². The maximum atomic E-state index is 0. The molecule has 0 N–H and O–H groups in total. The summed E-state index contributed by atoms with van der Waals surface area (Å²) in [5, 5.41) is 0. The van der Waals surface area contributed by atoms with E-state index in [4.69, 9.17) is 0 Å². The van der Waals surface area contributed by atoms with Gasteiger partial charge in [-0.1, -0.05) is 0 Å². The molecule has 0 spiro atoms. The first kappa shape index (κ1) is 33.5. The van der Waals surface area contributed by atoms with Crippen molar-refractivity contribution in [2.24, 2.45) is 0 Å². The first-order valence-corrected chi connectivity index (χ1v) is 0. The van der Waals surface area contributed by atoms with Gasteiger partial charge in [0, 0.05) is 0 Å². The molecule has 0 unspecified atom stereocenters. The van der Waals surface area contributed by atoms with Gasteiger partial charge in [-0.25, -0.2) is 0 Å². The fourth-order valence-electron chi connectivity index (χ4n) is 0. The average Bonchev–Trinajstić information content (AvgIpc) is 0. The van der Waals surface area contributed by atoms with E-state index >= 15 is 0 Å². The van der Waals surface area contributed by atoms with Crippen molar-refractivity contribution in [3.63, 3.8) is 0 Å². The topological polar surface area (TPSA) is 57.0 Å². The second kappa shape index (κ2) is 18.5. The molecule has 4 heteroatoms. The molecule has 0 aromatic carbocycles. The Kier molecular flexibility index (Phi) is 155. The van der Waals surface area contributed by atoms with Crippen LogP contribution in [0.3, 0.4) is 0 Å². The predicted molar refractivity (Wildman–Crippen MR) is 1.37 cm³/mol. The van der Waals surface area contributed by atoms with E-state index in [1.807, 2.05) is 0 Å². The SMILES string of the molecule is [O-2].[O-2].[Th+4].[U+6]. The van der Waals surface area contributed by atoms with E-state index < -0.39 is 0 Å². The minimum atomic E-state index is 0. The molecule has 0 heterocycles. The Labute approximate surface area is 80.4 Å². The molecule has 0 aliphatic carbocycles. The van der Waals surface area contributed by atoms with Crippen molar-refractivity contribution in [2.45, 2.75) is 0 Å². The summed E-state index contributed by atoms with van der Waals surface area (Å²) >= 11 is 0. The van der Waals surface area contributed by atoms with E-state index in [9.17, 15) is 0 Å². The van der Waals surface area contributed by atoms with Crippen molar-refractivity contribution < 1.29 is 82.0 Å². The number of rotatable bonds is 0. The molecule has 0 saturated carbocycles. The van der Waals surface area contributed by atoms with Crippen molar-refractivity contribution in [2.75, 3.05) is 0 Å². The van der Waals surface area contributed by atoms with Crippen molar-refractivity contribution in [3.8, 4) is 0 Å². The van der Waals surface area contributed by atoms with Crippen LogP contribution in [0.4, 0.5) is 0 Å². The largest absolute Gasteiger partial charge is 6.00 e. The second-order valence-electron chi connectivity index (χ2n) is 0. The third-order valence-electron chi connectivity index (χ3n) is 0. The van der Waals surface area contributed by atoms with E-state index in [-0.39, 0.29) is 82.0 Å². The molecule has 0 rings (SSSR count). The van der Waals surface area contributed by atoms with Crippen LogP contribution in [-0.4, -0.2) is 0 Å². The van der Waals surface area contributed by atoms with Gasteiger partial charge in [0.2, 0.25) is 0 Å². The van der Waals surface area contributed by atoms with Crippen molar-refractivity contribution >= 4 is 0 Å². The van der Waals surface area contributed by atoms with Gasteiger partial charge < -0.3 is 11.0 Å². The van der Waals surface area contributed by atoms with Crippen LogP contribution in [-0.2, 0) is 11.0 Å². The van der Waals surface area contributed by atoms with E-state index in [1.54, 1.807) is 0 Å². The molecular weight excluding hydrogens is 502 g/mol. The Bertz CT molecular complexity index is 6.00. The van der Waals surface area contributed by atoms with Crippen LogP contribution in [0.25, 0.3) is 0 Å². The summed E-state index contributed by atoms with van der Waals surface area (Å²) in [6.45, 7) is 0. The Morgan fingerprint density at radius 3 is 0.750 bits per heavy atom. The molecule has 0 aromatic heterocycles. The minimum absolute atomic E-state index is 0. The summed E-state index contributed by atoms with van der Waals surface area (Å²) in [5.74, 6) is 0. The van der Waals surface area contributed by atoms with E-state index in [2.05, 4.69) is 0 Å². The zero-order valence-corrected chi connectivity index (χ0v) is 10.1. The van der Waals surface area contributed by atoms with E-state index in [0.29, 0.717) is 0 Å². The molecule has 2 nitrogen and oxygen atoms in total. The normalized spacial score (nSPS) is 0. The molecule has 0 aromatic rings. The molecular formula is O2ThU+6. The van der Waals surface area contributed by atoms with Crippen molar-refractivity contribution in [1.82, 2.24) is 0 Å². The monoisotopic (exact) mass is 502 g/mol. The van der Waals surface area contributed by atoms with Gasteiger partial charge in [0.25, 0.3) is 0 Å². The Morgan fingerprint density at radius 2 is 0.750 bits per heavy atom. The van der Waals surface area contributed by atoms with Crippen LogP contribution in [0.2, 0.25) is 0 Å². The standard InChI is InChI=1S/2O.Th.U/q2*-2;+4;+6. The average molecular weight is 502 g/mol. The Balaban J connectivity index is 0. The van der Waals surface area contributed by atoms with Gasteiger partial charge in [0.1, 0.15) is 0 Å². The molecule has 4 heavy (non-hydrogen) atoms. The molecule has 0 aliphatic heterocycles. The minimum Gasteiger partial charge on any atom is -2.00 e. The third kappa shape index (κ3) is 8.85. The molecule has 0 saturated heterocycles. The molecule has 0 atom stereocenters. The van der Waals surface area contributed by atoms with Gasteiger partial charge in [0.15, 0.2) is 0 Å². The van der Waals surface area contributed by atoms with Gasteiger partial charge >= 0.3 is 71.1 Å². The fraction of sp³-hybridized carbons (Fsp3) is 0. The maximum absolute atomic E-state index is 0. The summed E-state index contributed by atoms with van der Waals surface area (Å²) in [6, 6.07) is 0. The third-order valence-corrected chi connectivity index (χ3v) is 0. The summed E-state index contributed by atoms with van der Waals surface area (Å²) in [7, 11) is 0. The van der Waals surface area contributed by atoms with Crippen LogP contribution in [0.5, 0.6) is 0 Å². The summed E-state index contributed by atoms with van der Waals surface area (Å²) in [4.78, 5) is 0. The van der Waals surface area contributed by atoms with Gasteiger partial charge in [-0.15, -0.1) is 0 Å². The molecule has 0 fully saturated rings. The first-order valence-electron chi connectivity index (χ1n) is 0. The molecule has 0 aliphatic rings.